The monoisotopic (exact) mass is 304 g/mol. The lowest BCUT2D eigenvalue weighted by atomic mass is 10.3. The van der Waals surface area contributed by atoms with Crippen molar-refractivity contribution in [1.29, 1.82) is 0 Å². The maximum absolute atomic E-state index is 11.0. The zero-order valence-corrected chi connectivity index (χ0v) is 12.1. The average Bonchev–Trinajstić information content (AvgIpc) is 2.36. The largest absolute Gasteiger partial charge is 0.382 e. The van der Waals surface area contributed by atoms with Gasteiger partial charge in [-0.15, -0.1) is 0 Å². The van der Waals surface area contributed by atoms with Crippen molar-refractivity contribution in [3.63, 3.8) is 0 Å². The van der Waals surface area contributed by atoms with Gasteiger partial charge in [-0.05, 0) is 24.9 Å². The van der Waals surface area contributed by atoms with Gasteiger partial charge in [-0.2, -0.15) is 4.98 Å². The topological polar surface area (TPSA) is 99.4 Å². The van der Waals surface area contributed by atoms with Gasteiger partial charge in [-0.3, -0.25) is 10.1 Å². The Morgan fingerprint density at radius 3 is 2.75 bits per heavy atom. The van der Waals surface area contributed by atoms with Crippen molar-refractivity contribution in [2.45, 2.75) is 13.3 Å². The molecule has 8 nitrogen and oxygen atoms in total. The number of hydrogen-bond acceptors (Lipinski definition) is 7. The van der Waals surface area contributed by atoms with Crippen LogP contribution in [-0.4, -0.2) is 48.4 Å². The summed E-state index contributed by atoms with van der Waals surface area (Å²) < 4.78 is 10.1. The van der Waals surface area contributed by atoms with Crippen LogP contribution in [0.1, 0.15) is 12.1 Å². The fourth-order valence-electron chi connectivity index (χ4n) is 1.50. The Bertz CT molecular complexity index is 458. The predicted molar refractivity (Wildman–Crippen MR) is 74.2 cm³/mol. The second-order valence-electron chi connectivity index (χ2n) is 3.92. The van der Waals surface area contributed by atoms with Gasteiger partial charge < -0.3 is 14.8 Å². The van der Waals surface area contributed by atoms with E-state index in [9.17, 15) is 10.1 Å². The molecule has 0 atom stereocenters. The zero-order chi connectivity index (χ0) is 15.0. The first kappa shape index (κ1) is 16.5. The second kappa shape index (κ2) is 8.62. The van der Waals surface area contributed by atoms with Crippen molar-refractivity contribution in [3.05, 3.63) is 21.1 Å². The van der Waals surface area contributed by atoms with Gasteiger partial charge >= 0.3 is 5.69 Å². The number of aryl methyl sites for hydroxylation is 1. The number of methoxy groups -OCH3 is 1. The van der Waals surface area contributed by atoms with Crippen molar-refractivity contribution >= 4 is 23.1 Å². The number of hydrogen-bond donors (Lipinski definition) is 1. The highest BCUT2D eigenvalue weighted by molar-refractivity contribution is 6.28. The molecule has 0 aliphatic heterocycles. The van der Waals surface area contributed by atoms with Crippen molar-refractivity contribution < 1.29 is 14.4 Å². The summed E-state index contributed by atoms with van der Waals surface area (Å²) in [6.45, 7) is 3.60. The molecule has 0 saturated heterocycles. The first-order valence-electron chi connectivity index (χ1n) is 6.05. The van der Waals surface area contributed by atoms with Crippen LogP contribution >= 0.6 is 11.6 Å². The SMILES string of the molecule is COCCOCCCNc1nc(Cl)nc(C)c1[N+](=O)[O-]. The summed E-state index contributed by atoms with van der Waals surface area (Å²) in [6.07, 6.45) is 0.682. The number of nitrogens with zero attached hydrogens (tertiary/aromatic N) is 3. The standard InChI is InChI=1S/C11H17ClN4O4/c1-8-9(16(17)18)10(15-11(12)14-8)13-4-3-5-20-7-6-19-2/h3-7H2,1-2H3,(H,13,14,15). The third kappa shape index (κ3) is 5.24. The van der Waals surface area contributed by atoms with Gasteiger partial charge in [0.1, 0.15) is 5.69 Å². The summed E-state index contributed by atoms with van der Waals surface area (Å²) in [6, 6.07) is 0. The number of anilines is 1. The Hall–Kier alpha value is -1.51. The third-order valence-corrected chi connectivity index (χ3v) is 2.57. The van der Waals surface area contributed by atoms with Gasteiger partial charge in [0.25, 0.3) is 0 Å². The molecule has 20 heavy (non-hydrogen) atoms. The van der Waals surface area contributed by atoms with Crippen LogP contribution in [0.4, 0.5) is 11.5 Å². The van der Waals surface area contributed by atoms with Crippen LogP contribution in [-0.2, 0) is 9.47 Å². The Balaban J connectivity index is 2.49. The molecule has 112 valence electrons. The van der Waals surface area contributed by atoms with Crippen molar-refractivity contribution in [2.75, 3.05) is 38.8 Å². The van der Waals surface area contributed by atoms with Crippen LogP contribution in [0.15, 0.2) is 0 Å². The minimum atomic E-state index is -0.525. The average molecular weight is 305 g/mol. The van der Waals surface area contributed by atoms with Crippen LogP contribution in [0.3, 0.4) is 0 Å². The van der Waals surface area contributed by atoms with Gasteiger partial charge in [0.15, 0.2) is 0 Å². The lowest BCUT2D eigenvalue weighted by molar-refractivity contribution is -0.385. The van der Waals surface area contributed by atoms with Crippen LogP contribution in [0.5, 0.6) is 0 Å². The Labute approximate surface area is 121 Å². The number of rotatable bonds is 9. The van der Waals surface area contributed by atoms with E-state index in [2.05, 4.69) is 15.3 Å². The van der Waals surface area contributed by atoms with E-state index in [4.69, 9.17) is 21.1 Å². The van der Waals surface area contributed by atoms with E-state index in [1.54, 1.807) is 7.11 Å². The fraction of sp³-hybridized carbons (Fsp3) is 0.636. The molecule has 0 fully saturated rings. The quantitative estimate of drug-likeness (QED) is 0.321. The van der Waals surface area contributed by atoms with Crippen LogP contribution in [0.2, 0.25) is 5.28 Å². The summed E-state index contributed by atoms with van der Waals surface area (Å²) in [5, 5.41) is 13.8. The Morgan fingerprint density at radius 2 is 2.10 bits per heavy atom. The predicted octanol–water partition coefficient (Wildman–Crippen LogP) is 1.81. The number of aromatic nitrogens is 2. The van der Waals surface area contributed by atoms with E-state index < -0.39 is 4.92 Å². The van der Waals surface area contributed by atoms with E-state index >= 15 is 0 Å². The lowest BCUT2D eigenvalue weighted by Gasteiger charge is -2.08. The van der Waals surface area contributed by atoms with E-state index in [1.807, 2.05) is 0 Å². The minimum Gasteiger partial charge on any atom is -0.382 e. The molecule has 1 N–H and O–H groups in total. The van der Waals surface area contributed by atoms with E-state index in [0.717, 1.165) is 0 Å². The summed E-state index contributed by atoms with van der Waals surface area (Å²) in [4.78, 5) is 18.1. The molecule has 9 heteroatoms. The highest BCUT2D eigenvalue weighted by Gasteiger charge is 2.21. The maximum atomic E-state index is 11.0. The molecule has 1 heterocycles. The molecule has 0 aliphatic rings. The molecular weight excluding hydrogens is 288 g/mol. The molecule has 0 saturated carbocycles. The van der Waals surface area contributed by atoms with Gasteiger partial charge in [0.2, 0.25) is 11.1 Å². The molecule has 0 unspecified atom stereocenters. The third-order valence-electron chi connectivity index (χ3n) is 2.40. The van der Waals surface area contributed by atoms with Crippen LogP contribution in [0, 0.1) is 17.0 Å². The fourth-order valence-corrected chi connectivity index (χ4v) is 1.71. The van der Waals surface area contributed by atoms with E-state index in [1.165, 1.54) is 6.92 Å². The molecule has 0 aromatic carbocycles. The molecule has 0 aliphatic carbocycles. The highest BCUT2D eigenvalue weighted by Crippen LogP contribution is 2.26. The molecular formula is C11H17ClN4O4. The molecule has 0 radical (unpaired) electrons. The van der Waals surface area contributed by atoms with E-state index in [-0.39, 0.29) is 22.5 Å². The first-order valence-corrected chi connectivity index (χ1v) is 6.43. The second-order valence-corrected chi connectivity index (χ2v) is 4.26. The smallest absolute Gasteiger partial charge is 0.332 e. The molecule has 1 aromatic heterocycles. The van der Waals surface area contributed by atoms with Crippen molar-refractivity contribution in [3.8, 4) is 0 Å². The zero-order valence-electron chi connectivity index (χ0n) is 11.4. The normalized spacial score (nSPS) is 10.6. The van der Waals surface area contributed by atoms with E-state index in [0.29, 0.717) is 32.8 Å². The van der Waals surface area contributed by atoms with Crippen LogP contribution in [0.25, 0.3) is 0 Å². The number of ether oxygens (including phenoxy) is 2. The van der Waals surface area contributed by atoms with Crippen molar-refractivity contribution in [2.24, 2.45) is 0 Å². The number of nitro groups is 1. The summed E-state index contributed by atoms with van der Waals surface area (Å²) >= 11 is 5.70. The van der Waals surface area contributed by atoms with Gasteiger partial charge in [-0.1, -0.05) is 0 Å². The Morgan fingerprint density at radius 1 is 1.35 bits per heavy atom. The summed E-state index contributed by atoms with van der Waals surface area (Å²) in [5.74, 6) is 0.129. The van der Waals surface area contributed by atoms with Gasteiger partial charge in [-0.25, -0.2) is 4.98 Å². The Kier molecular flexibility index (Phi) is 7.13. The molecule has 0 spiro atoms. The van der Waals surface area contributed by atoms with Gasteiger partial charge in [0, 0.05) is 20.3 Å². The molecule has 0 bridgehead atoms. The number of halogens is 1. The molecule has 1 aromatic rings. The summed E-state index contributed by atoms with van der Waals surface area (Å²) in [7, 11) is 1.60. The molecule has 1 rings (SSSR count). The van der Waals surface area contributed by atoms with Crippen LogP contribution < -0.4 is 5.32 Å². The maximum Gasteiger partial charge on any atom is 0.332 e. The molecule has 0 amide bonds. The summed E-state index contributed by atoms with van der Waals surface area (Å²) in [5.41, 5.74) is 0.0727. The number of nitrogens with one attached hydrogen (secondary N) is 1. The minimum absolute atomic E-state index is 0.0213. The first-order chi connectivity index (χ1) is 9.56. The van der Waals surface area contributed by atoms with Gasteiger partial charge in [0.05, 0.1) is 18.1 Å². The van der Waals surface area contributed by atoms with Crippen molar-refractivity contribution in [1.82, 2.24) is 9.97 Å². The highest BCUT2D eigenvalue weighted by atomic mass is 35.5. The lowest BCUT2D eigenvalue weighted by Crippen LogP contribution is -2.11.